The summed E-state index contributed by atoms with van der Waals surface area (Å²) < 4.78 is 63.7. The maximum atomic E-state index is 12.4. The third kappa shape index (κ3) is 6.63. The minimum Gasteiger partial charge on any atom is -0.496 e. The Morgan fingerprint density at radius 1 is 0.974 bits per heavy atom. The second kappa shape index (κ2) is 11.7. The summed E-state index contributed by atoms with van der Waals surface area (Å²) in [6, 6.07) is 12.3. The van der Waals surface area contributed by atoms with Gasteiger partial charge in [-0.3, -0.25) is 4.79 Å². The van der Waals surface area contributed by atoms with Crippen molar-refractivity contribution in [1.29, 1.82) is 0 Å². The van der Waals surface area contributed by atoms with Crippen LogP contribution in [-0.4, -0.2) is 32.8 Å². The fourth-order valence-corrected chi connectivity index (χ4v) is 4.17. The number of halogens is 3. The molecule has 0 saturated carbocycles. The molecule has 204 valence electrons. The number of fused-ring (bicyclic) bond motifs is 1. The number of hydrogen-bond donors (Lipinski definition) is 1. The highest BCUT2D eigenvalue weighted by Crippen LogP contribution is 2.45. The highest BCUT2D eigenvalue weighted by molar-refractivity contribution is 5.83. The summed E-state index contributed by atoms with van der Waals surface area (Å²) in [5.74, 6) is 6.60. The van der Waals surface area contributed by atoms with Gasteiger partial charge in [-0.1, -0.05) is 24.8 Å². The van der Waals surface area contributed by atoms with Crippen LogP contribution in [0, 0.1) is 11.8 Å². The first-order chi connectivity index (χ1) is 18.6. The summed E-state index contributed by atoms with van der Waals surface area (Å²) in [5, 5.41) is 0. The van der Waals surface area contributed by atoms with Crippen LogP contribution < -0.4 is 24.7 Å². The van der Waals surface area contributed by atoms with Gasteiger partial charge in [0.25, 0.3) is 0 Å². The summed E-state index contributed by atoms with van der Waals surface area (Å²) in [6.07, 6.45) is -4.69. The van der Waals surface area contributed by atoms with Crippen molar-refractivity contribution in [1.82, 2.24) is 0 Å². The molecule has 7 nitrogen and oxygen atoms in total. The molecule has 39 heavy (non-hydrogen) atoms. The molecule has 2 N–H and O–H groups in total. The van der Waals surface area contributed by atoms with Gasteiger partial charge in [0.1, 0.15) is 29.2 Å². The molecule has 3 aromatic rings. The van der Waals surface area contributed by atoms with Crippen molar-refractivity contribution >= 4 is 5.97 Å². The second-order valence-electron chi connectivity index (χ2n) is 8.53. The van der Waals surface area contributed by atoms with Crippen LogP contribution in [0.15, 0.2) is 48.5 Å². The van der Waals surface area contributed by atoms with Crippen LogP contribution in [0.4, 0.5) is 13.2 Å². The van der Waals surface area contributed by atoms with E-state index in [4.69, 9.17) is 24.7 Å². The van der Waals surface area contributed by atoms with Gasteiger partial charge >= 0.3 is 12.3 Å². The molecule has 0 aliphatic carbocycles. The highest BCUT2D eigenvalue weighted by Gasteiger charge is 2.31. The summed E-state index contributed by atoms with van der Waals surface area (Å²) >= 11 is 0. The molecule has 0 saturated heterocycles. The molecule has 10 heteroatoms. The molecule has 0 aromatic heterocycles. The largest absolute Gasteiger partial charge is 0.573 e. The molecular weight excluding hydrogens is 515 g/mol. The molecule has 0 radical (unpaired) electrons. The second-order valence-corrected chi connectivity index (χ2v) is 8.53. The van der Waals surface area contributed by atoms with E-state index in [0.717, 1.165) is 16.7 Å². The predicted molar refractivity (Wildman–Crippen MR) is 136 cm³/mol. The fourth-order valence-electron chi connectivity index (χ4n) is 4.17. The van der Waals surface area contributed by atoms with Crippen LogP contribution in [-0.2, 0) is 22.6 Å². The molecule has 1 aliphatic heterocycles. The van der Waals surface area contributed by atoms with Gasteiger partial charge < -0.3 is 29.4 Å². The molecule has 0 unspecified atom stereocenters. The first-order valence-electron chi connectivity index (χ1n) is 12.0. The van der Waals surface area contributed by atoms with Crippen LogP contribution >= 0.6 is 0 Å². The van der Waals surface area contributed by atoms with Gasteiger partial charge in [-0.15, -0.1) is 13.2 Å². The predicted octanol–water partition coefficient (Wildman–Crippen LogP) is 5.34. The van der Waals surface area contributed by atoms with Crippen LogP contribution in [0.2, 0.25) is 0 Å². The van der Waals surface area contributed by atoms with Crippen LogP contribution in [0.3, 0.4) is 0 Å². The van der Waals surface area contributed by atoms with E-state index in [1.807, 2.05) is 6.07 Å². The molecule has 0 amide bonds. The minimum atomic E-state index is -4.76. The van der Waals surface area contributed by atoms with Crippen molar-refractivity contribution in [3.05, 3.63) is 70.8 Å². The Balaban J connectivity index is 1.73. The number of esters is 1. The third-order valence-corrected chi connectivity index (χ3v) is 5.96. The number of alkyl halides is 3. The van der Waals surface area contributed by atoms with Gasteiger partial charge in [0.05, 0.1) is 26.4 Å². The van der Waals surface area contributed by atoms with Gasteiger partial charge in [-0.2, -0.15) is 0 Å². The Kier molecular flexibility index (Phi) is 8.33. The first-order valence-corrected chi connectivity index (χ1v) is 12.0. The van der Waals surface area contributed by atoms with Crippen LogP contribution in [0.5, 0.6) is 23.0 Å². The summed E-state index contributed by atoms with van der Waals surface area (Å²) in [7, 11) is 3.04. The Hall–Kier alpha value is -4.20. The summed E-state index contributed by atoms with van der Waals surface area (Å²) in [5.41, 5.74) is 10.2. The number of ether oxygens (including phenoxy) is 5. The van der Waals surface area contributed by atoms with Crippen molar-refractivity contribution in [2.24, 2.45) is 5.73 Å². The van der Waals surface area contributed by atoms with Gasteiger partial charge in [-0.05, 0) is 53.6 Å². The van der Waals surface area contributed by atoms with Gasteiger partial charge in [0.15, 0.2) is 0 Å². The Morgan fingerprint density at radius 2 is 1.62 bits per heavy atom. The fraction of sp³-hybridized carbons (Fsp3) is 0.276. The third-order valence-electron chi connectivity index (χ3n) is 5.96. The van der Waals surface area contributed by atoms with Crippen molar-refractivity contribution in [3.8, 4) is 46.0 Å². The maximum absolute atomic E-state index is 12.4. The maximum Gasteiger partial charge on any atom is 0.573 e. The zero-order chi connectivity index (χ0) is 28.2. The number of hydrogen-bond acceptors (Lipinski definition) is 7. The molecule has 0 bridgehead atoms. The standard InChI is InChI=1S/C29H26F3NO6/c1-4-27(34)38-23-12-11-20(21-15-26(33)37-16-22(21)23)28-24(35-2)13-18(14-25(28)36-3)6-5-17-7-9-19(10-8-17)39-29(30,31)32/h7-14,26H,4,15-16,33H2,1-3H3/t26-/m0/s1. The van der Waals surface area contributed by atoms with E-state index < -0.39 is 12.6 Å². The number of rotatable bonds is 6. The number of nitrogens with two attached hydrogens (primary N) is 1. The number of benzene rings is 3. The molecule has 1 aliphatic rings. The molecule has 0 fully saturated rings. The van der Waals surface area contributed by atoms with E-state index in [0.29, 0.717) is 40.4 Å². The Bertz CT molecular complexity index is 1400. The number of carbonyl (C=O) groups is 1. The molecular formula is C29H26F3NO6. The van der Waals surface area contributed by atoms with Crippen molar-refractivity contribution in [2.75, 3.05) is 14.2 Å². The lowest BCUT2D eigenvalue weighted by Crippen LogP contribution is -2.31. The van der Waals surface area contributed by atoms with E-state index >= 15 is 0 Å². The first kappa shape index (κ1) is 27.8. The van der Waals surface area contributed by atoms with Crippen LogP contribution in [0.1, 0.15) is 35.6 Å². The van der Waals surface area contributed by atoms with E-state index in [9.17, 15) is 18.0 Å². The quantitative estimate of drug-likeness (QED) is 0.256. The highest BCUT2D eigenvalue weighted by atomic mass is 19.4. The van der Waals surface area contributed by atoms with Gasteiger partial charge in [0, 0.05) is 29.5 Å². The normalized spacial score (nSPS) is 14.5. The SMILES string of the molecule is CCC(=O)Oc1ccc(-c2c(OC)cc(C#Cc3ccc(OC(F)(F)F)cc3)cc2OC)c2c1CO[C@H](N)C2. The van der Waals surface area contributed by atoms with Gasteiger partial charge in [-0.25, -0.2) is 0 Å². The number of carbonyl (C=O) groups excluding carboxylic acids is 1. The van der Waals surface area contributed by atoms with Crippen molar-refractivity contribution in [3.63, 3.8) is 0 Å². The molecule has 0 spiro atoms. The summed E-state index contributed by atoms with van der Waals surface area (Å²) in [6.45, 7) is 1.89. The lowest BCUT2D eigenvalue weighted by molar-refractivity contribution is -0.274. The lowest BCUT2D eigenvalue weighted by Gasteiger charge is -2.27. The molecule has 1 heterocycles. The topological polar surface area (TPSA) is 89.2 Å². The minimum absolute atomic E-state index is 0.178. The average Bonchev–Trinajstić information content (AvgIpc) is 2.91. The zero-order valence-electron chi connectivity index (χ0n) is 21.5. The van der Waals surface area contributed by atoms with Crippen molar-refractivity contribution < 1.29 is 41.7 Å². The summed E-state index contributed by atoms with van der Waals surface area (Å²) in [4.78, 5) is 12.0. The lowest BCUT2D eigenvalue weighted by atomic mass is 9.89. The number of methoxy groups -OCH3 is 2. The molecule has 4 rings (SSSR count). The smallest absolute Gasteiger partial charge is 0.496 e. The monoisotopic (exact) mass is 541 g/mol. The van der Waals surface area contributed by atoms with Gasteiger partial charge in [0.2, 0.25) is 0 Å². The molecule has 1 atom stereocenters. The molecule has 3 aromatic carbocycles. The van der Waals surface area contributed by atoms with E-state index in [-0.39, 0.29) is 24.7 Å². The average molecular weight is 542 g/mol. The van der Waals surface area contributed by atoms with E-state index in [2.05, 4.69) is 16.6 Å². The van der Waals surface area contributed by atoms with Crippen LogP contribution in [0.25, 0.3) is 11.1 Å². The van der Waals surface area contributed by atoms with Crippen molar-refractivity contribution in [2.45, 2.75) is 39.0 Å². The van der Waals surface area contributed by atoms with E-state index in [1.54, 1.807) is 25.1 Å². The Labute approximate surface area is 223 Å². The zero-order valence-corrected chi connectivity index (χ0v) is 21.5. The van der Waals surface area contributed by atoms with E-state index in [1.165, 1.54) is 38.5 Å². The Morgan fingerprint density at radius 3 is 2.21 bits per heavy atom.